The Kier molecular flexibility index (Phi) is 6.60. The molecule has 0 fully saturated rings. The number of nitrogens with zero attached hydrogens (tertiary/aromatic N) is 1. The topological polar surface area (TPSA) is 118 Å². The van der Waals surface area contributed by atoms with Crippen LogP contribution in [0.15, 0.2) is 65.3 Å². The predicted molar refractivity (Wildman–Crippen MR) is 127 cm³/mol. The maximum atomic E-state index is 13.1. The number of hydrogen-bond acceptors (Lipinski definition) is 6. The lowest BCUT2D eigenvalue weighted by atomic mass is 10.1. The summed E-state index contributed by atoms with van der Waals surface area (Å²) in [5, 5.41) is 5.52. The Hall–Kier alpha value is -3.79. The van der Waals surface area contributed by atoms with E-state index in [-0.39, 0.29) is 31.0 Å². The van der Waals surface area contributed by atoms with Crippen LogP contribution in [0, 0.1) is 6.92 Å². The standard InChI is InChI=1S/C24H25N3O6S/c1-16-9-10-21-20(14-16)27(34(2,30)31)12-11-22(33-21)24(29)26-19-8-4-3-7-18(19)23(28)25-15-17-6-5-13-32-17/h3-10,13-14,22H,11-12,15H2,1-2H3,(H,25,28)(H,26,29)/t22-/m0/s1. The molecule has 34 heavy (non-hydrogen) atoms. The summed E-state index contributed by atoms with van der Waals surface area (Å²) in [5.41, 5.74) is 1.87. The Morgan fingerprint density at radius 2 is 1.91 bits per heavy atom. The van der Waals surface area contributed by atoms with Crippen LogP contribution in [0.25, 0.3) is 0 Å². The minimum absolute atomic E-state index is 0.0820. The summed E-state index contributed by atoms with van der Waals surface area (Å²) in [6.07, 6.45) is 1.83. The molecule has 0 aliphatic carbocycles. The Balaban J connectivity index is 1.52. The molecule has 1 aliphatic rings. The summed E-state index contributed by atoms with van der Waals surface area (Å²) in [6.45, 7) is 2.14. The van der Waals surface area contributed by atoms with Crippen molar-refractivity contribution in [1.82, 2.24) is 5.32 Å². The Morgan fingerprint density at radius 1 is 1.12 bits per heavy atom. The zero-order chi connectivity index (χ0) is 24.3. The van der Waals surface area contributed by atoms with E-state index in [1.54, 1.807) is 54.6 Å². The van der Waals surface area contributed by atoms with Gasteiger partial charge in [-0.2, -0.15) is 0 Å². The molecule has 10 heteroatoms. The molecule has 1 aromatic heterocycles. The average molecular weight is 484 g/mol. The van der Waals surface area contributed by atoms with E-state index in [1.807, 2.05) is 6.92 Å². The second-order valence-electron chi connectivity index (χ2n) is 8.00. The number of carbonyl (C=O) groups excluding carboxylic acids is 2. The number of aryl methyl sites for hydroxylation is 1. The number of rotatable bonds is 6. The van der Waals surface area contributed by atoms with Gasteiger partial charge in [0, 0.05) is 13.0 Å². The van der Waals surface area contributed by atoms with E-state index in [0.29, 0.717) is 22.9 Å². The number of para-hydroxylation sites is 1. The number of furan rings is 1. The summed E-state index contributed by atoms with van der Waals surface area (Å²) < 4.78 is 37.1. The van der Waals surface area contributed by atoms with Crippen molar-refractivity contribution in [3.63, 3.8) is 0 Å². The minimum atomic E-state index is -3.57. The maximum Gasteiger partial charge on any atom is 0.265 e. The first kappa shape index (κ1) is 23.4. The highest BCUT2D eigenvalue weighted by molar-refractivity contribution is 7.92. The molecule has 4 rings (SSSR count). The maximum absolute atomic E-state index is 13.1. The van der Waals surface area contributed by atoms with E-state index in [9.17, 15) is 18.0 Å². The van der Waals surface area contributed by atoms with E-state index in [1.165, 1.54) is 10.6 Å². The smallest absolute Gasteiger partial charge is 0.265 e. The van der Waals surface area contributed by atoms with Crippen LogP contribution in [0.4, 0.5) is 11.4 Å². The molecule has 0 radical (unpaired) electrons. The van der Waals surface area contributed by atoms with Crippen molar-refractivity contribution >= 4 is 33.2 Å². The molecular weight excluding hydrogens is 458 g/mol. The highest BCUT2D eigenvalue weighted by Crippen LogP contribution is 2.35. The lowest BCUT2D eigenvalue weighted by Gasteiger charge is -2.21. The second-order valence-corrected chi connectivity index (χ2v) is 9.91. The Bertz CT molecular complexity index is 1300. The minimum Gasteiger partial charge on any atom is -0.478 e. The van der Waals surface area contributed by atoms with Gasteiger partial charge in [-0.25, -0.2) is 8.42 Å². The molecule has 2 heterocycles. The number of nitrogens with one attached hydrogen (secondary N) is 2. The molecule has 0 saturated heterocycles. The van der Waals surface area contributed by atoms with E-state index in [0.717, 1.165) is 11.8 Å². The summed E-state index contributed by atoms with van der Waals surface area (Å²) in [4.78, 5) is 25.8. The van der Waals surface area contributed by atoms with Crippen LogP contribution in [-0.4, -0.2) is 39.1 Å². The van der Waals surface area contributed by atoms with Gasteiger partial charge in [-0.05, 0) is 48.9 Å². The largest absolute Gasteiger partial charge is 0.478 e. The predicted octanol–water partition coefficient (Wildman–Crippen LogP) is 3.07. The number of sulfonamides is 1. The van der Waals surface area contributed by atoms with Crippen molar-refractivity contribution in [3.8, 4) is 5.75 Å². The molecule has 2 amide bonds. The van der Waals surface area contributed by atoms with Crippen LogP contribution >= 0.6 is 0 Å². The van der Waals surface area contributed by atoms with E-state index >= 15 is 0 Å². The van der Waals surface area contributed by atoms with Crippen LogP contribution in [0.2, 0.25) is 0 Å². The number of ether oxygens (including phenoxy) is 1. The fourth-order valence-electron chi connectivity index (χ4n) is 3.70. The van der Waals surface area contributed by atoms with Gasteiger partial charge in [0.05, 0.1) is 36.0 Å². The number of amides is 2. The van der Waals surface area contributed by atoms with Crippen LogP contribution in [-0.2, 0) is 21.4 Å². The molecular formula is C24H25N3O6S. The van der Waals surface area contributed by atoms with Crippen molar-refractivity contribution in [1.29, 1.82) is 0 Å². The van der Waals surface area contributed by atoms with E-state index in [2.05, 4.69) is 10.6 Å². The number of fused-ring (bicyclic) bond motifs is 1. The third-order valence-electron chi connectivity index (χ3n) is 5.37. The molecule has 0 spiro atoms. The van der Waals surface area contributed by atoms with Crippen molar-refractivity contribution in [2.45, 2.75) is 26.0 Å². The van der Waals surface area contributed by atoms with Gasteiger partial charge in [0.15, 0.2) is 6.10 Å². The first-order valence-corrected chi connectivity index (χ1v) is 12.5. The van der Waals surface area contributed by atoms with Crippen molar-refractivity contribution < 1.29 is 27.2 Å². The van der Waals surface area contributed by atoms with Crippen LogP contribution < -0.4 is 19.7 Å². The van der Waals surface area contributed by atoms with E-state index < -0.39 is 22.0 Å². The summed E-state index contributed by atoms with van der Waals surface area (Å²) in [6, 6.07) is 15.3. The summed E-state index contributed by atoms with van der Waals surface area (Å²) in [5.74, 6) is 0.0514. The normalized spacial score (nSPS) is 15.6. The lowest BCUT2D eigenvalue weighted by Crippen LogP contribution is -2.36. The van der Waals surface area contributed by atoms with Gasteiger partial charge < -0.3 is 19.8 Å². The number of anilines is 2. The highest BCUT2D eigenvalue weighted by atomic mass is 32.2. The monoisotopic (exact) mass is 483 g/mol. The van der Waals surface area contributed by atoms with Crippen LogP contribution in [0.5, 0.6) is 5.75 Å². The zero-order valence-corrected chi connectivity index (χ0v) is 19.6. The number of hydrogen-bond donors (Lipinski definition) is 2. The number of benzene rings is 2. The molecule has 178 valence electrons. The van der Waals surface area contributed by atoms with E-state index in [4.69, 9.17) is 9.15 Å². The Labute approximate surface area is 197 Å². The molecule has 0 unspecified atom stereocenters. The fraction of sp³-hybridized carbons (Fsp3) is 0.250. The molecule has 9 nitrogen and oxygen atoms in total. The molecule has 0 bridgehead atoms. The summed E-state index contributed by atoms with van der Waals surface area (Å²) in [7, 11) is -3.57. The Morgan fingerprint density at radius 3 is 2.65 bits per heavy atom. The molecule has 0 saturated carbocycles. The van der Waals surface area contributed by atoms with Gasteiger partial charge in [-0.1, -0.05) is 18.2 Å². The van der Waals surface area contributed by atoms with Gasteiger partial charge in [0.2, 0.25) is 10.0 Å². The molecule has 2 N–H and O–H groups in total. The van der Waals surface area contributed by atoms with Crippen molar-refractivity contribution in [2.24, 2.45) is 0 Å². The van der Waals surface area contributed by atoms with Crippen LogP contribution in [0.3, 0.4) is 0 Å². The first-order valence-electron chi connectivity index (χ1n) is 10.7. The van der Waals surface area contributed by atoms with Crippen molar-refractivity contribution in [2.75, 3.05) is 22.4 Å². The third-order valence-corrected chi connectivity index (χ3v) is 6.55. The molecule has 3 aromatic rings. The SMILES string of the molecule is Cc1ccc2c(c1)N(S(C)(=O)=O)CC[C@@H](C(=O)Nc1ccccc1C(=O)NCc1ccco1)O2. The fourth-order valence-corrected chi connectivity index (χ4v) is 4.63. The molecule has 1 atom stereocenters. The number of carbonyl (C=O) groups is 2. The zero-order valence-electron chi connectivity index (χ0n) is 18.8. The lowest BCUT2D eigenvalue weighted by molar-refractivity contribution is -0.122. The molecule has 1 aliphatic heterocycles. The highest BCUT2D eigenvalue weighted by Gasteiger charge is 2.31. The first-order chi connectivity index (χ1) is 16.2. The summed E-state index contributed by atoms with van der Waals surface area (Å²) >= 11 is 0. The quantitative estimate of drug-likeness (QED) is 0.556. The molecule has 2 aromatic carbocycles. The van der Waals surface area contributed by atoms with Gasteiger partial charge >= 0.3 is 0 Å². The van der Waals surface area contributed by atoms with Gasteiger partial charge in [-0.15, -0.1) is 0 Å². The van der Waals surface area contributed by atoms with Gasteiger partial charge in [0.1, 0.15) is 11.5 Å². The second kappa shape index (κ2) is 9.60. The average Bonchev–Trinajstić information content (AvgIpc) is 3.23. The van der Waals surface area contributed by atoms with Crippen molar-refractivity contribution in [3.05, 3.63) is 77.7 Å². The van der Waals surface area contributed by atoms with Crippen LogP contribution in [0.1, 0.15) is 28.1 Å². The third kappa shape index (κ3) is 5.23. The van der Waals surface area contributed by atoms with Gasteiger partial charge in [0.25, 0.3) is 11.8 Å². The van der Waals surface area contributed by atoms with Gasteiger partial charge in [-0.3, -0.25) is 13.9 Å².